The van der Waals surface area contributed by atoms with Crippen molar-refractivity contribution in [2.75, 3.05) is 13.2 Å². The maximum absolute atomic E-state index is 12.8. The van der Waals surface area contributed by atoms with Crippen molar-refractivity contribution in [3.05, 3.63) is 34.9 Å². The Morgan fingerprint density at radius 2 is 2.04 bits per heavy atom. The molecule has 0 spiro atoms. The van der Waals surface area contributed by atoms with Gasteiger partial charge in [0.25, 0.3) is 0 Å². The average molecular weight is 353 g/mol. The topological polar surface area (TPSA) is 61.8 Å². The van der Waals surface area contributed by atoms with Gasteiger partial charge in [0.05, 0.1) is 17.7 Å². The van der Waals surface area contributed by atoms with Crippen LogP contribution in [-0.2, 0) is 4.74 Å². The molecule has 2 N–H and O–H groups in total. The quantitative estimate of drug-likeness (QED) is 0.859. The standard InChI is InChI=1S/C18H25ClN2O3/c1-18(2)11-14(8-10-24-18)20-17(23)21-9-7-15(22)16(21)12-3-5-13(19)6-4-12/h3-6,14-16,22H,7-11H2,1-2H3,(H,20,23)/t14?,15-,16-/m1/s1. The summed E-state index contributed by atoms with van der Waals surface area (Å²) < 4.78 is 5.70. The first-order valence-corrected chi connectivity index (χ1v) is 8.88. The monoisotopic (exact) mass is 352 g/mol. The van der Waals surface area contributed by atoms with E-state index in [0.717, 1.165) is 18.4 Å². The summed E-state index contributed by atoms with van der Waals surface area (Å²) in [5, 5.41) is 14.1. The minimum Gasteiger partial charge on any atom is -0.391 e. The molecule has 0 bridgehead atoms. The fraction of sp³-hybridized carbons (Fsp3) is 0.611. The Balaban J connectivity index is 1.70. The van der Waals surface area contributed by atoms with Gasteiger partial charge in [0.2, 0.25) is 0 Å². The molecule has 1 unspecified atom stereocenters. The van der Waals surface area contributed by atoms with Gasteiger partial charge in [-0.2, -0.15) is 0 Å². The second-order valence-corrected chi connectivity index (χ2v) is 7.73. The van der Waals surface area contributed by atoms with Crippen LogP contribution in [0.3, 0.4) is 0 Å². The van der Waals surface area contributed by atoms with Gasteiger partial charge < -0.3 is 20.1 Å². The first kappa shape index (κ1) is 17.5. The number of hydrogen-bond acceptors (Lipinski definition) is 3. The van der Waals surface area contributed by atoms with Crippen molar-refractivity contribution >= 4 is 17.6 Å². The lowest BCUT2D eigenvalue weighted by Gasteiger charge is -2.37. The summed E-state index contributed by atoms with van der Waals surface area (Å²) in [6, 6.07) is 6.99. The molecule has 2 amide bonds. The number of halogens is 1. The van der Waals surface area contributed by atoms with Gasteiger partial charge in [-0.25, -0.2) is 4.79 Å². The minimum atomic E-state index is -0.553. The number of nitrogens with zero attached hydrogens (tertiary/aromatic N) is 1. The summed E-state index contributed by atoms with van der Waals surface area (Å²) in [5.41, 5.74) is 0.697. The number of likely N-dealkylation sites (tertiary alicyclic amines) is 1. The predicted molar refractivity (Wildman–Crippen MR) is 93.1 cm³/mol. The van der Waals surface area contributed by atoms with Crippen molar-refractivity contribution in [3.8, 4) is 0 Å². The molecule has 2 aliphatic heterocycles. The Hall–Kier alpha value is -1.30. The number of carbonyl (C=O) groups excluding carboxylic acids is 1. The Labute approximate surface area is 147 Å². The molecule has 132 valence electrons. The van der Waals surface area contributed by atoms with E-state index in [-0.39, 0.29) is 23.7 Å². The van der Waals surface area contributed by atoms with Crippen LogP contribution in [0.1, 0.15) is 44.7 Å². The number of carbonyl (C=O) groups is 1. The first-order valence-electron chi connectivity index (χ1n) is 8.50. The van der Waals surface area contributed by atoms with Crippen LogP contribution < -0.4 is 5.32 Å². The number of aliphatic hydroxyl groups excluding tert-OH is 1. The predicted octanol–water partition coefficient (Wildman–Crippen LogP) is 3.11. The summed E-state index contributed by atoms with van der Waals surface area (Å²) in [4.78, 5) is 14.5. The Kier molecular flexibility index (Phi) is 5.04. The molecular weight excluding hydrogens is 328 g/mol. The fourth-order valence-corrected chi connectivity index (χ4v) is 3.80. The van der Waals surface area contributed by atoms with Crippen molar-refractivity contribution in [2.24, 2.45) is 0 Å². The lowest BCUT2D eigenvalue weighted by atomic mass is 9.94. The number of ether oxygens (including phenoxy) is 1. The van der Waals surface area contributed by atoms with Gasteiger partial charge in [-0.3, -0.25) is 0 Å². The molecule has 5 nitrogen and oxygen atoms in total. The highest BCUT2D eigenvalue weighted by Gasteiger charge is 2.38. The highest BCUT2D eigenvalue weighted by molar-refractivity contribution is 6.30. The van der Waals surface area contributed by atoms with E-state index in [1.165, 1.54) is 0 Å². The third-order valence-corrected chi connectivity index (χ3v) is 5.12. The second-order valence-electron chi connectivity index (χ2n) is 7.29. The molecule has 1 aromatic carbocycles. The summed E-state index contributed by atoms with van der Waals surface area (Å²) in [5.74, 6) is 0. The third-order valence-electron chi connectivity index (χ3n) is 4.86. The maximum Gasteiger partial charge on any atom is 0.318 e. The van der Waals surface area contributed by atoms with E-state index in [4.69, 9.17) is 16.3 Å². The van der Waals surface area contributed by atoms with Crippen molar-refractivity contribution in [2.45, 2.75) is 56.9 Å². The molecule has 0 aliphatic carbocycles. The minimum absolute atomic E-state index is 0.102. The van der Waals surface area contributed by atoms with Crippen LogP contribution in [0.2, 0.25) is 5.02 Å². The molecular formula is C18H25ClN2O3. The van der Waals surface area contributed by atoms with E-state index in [0.29, 0.717) is 24.6 Å². The van der Waals surface area contributed by atoms with Gasteiger partial charge in [-0.15, -0.1) is 0 Å². The van der Waals surface area contributed by atoms with Crippen molar-refractivity contribution in [1.82, 2.24) is 10.2 Å². The van der Waals surface area contributed by atoms with Crippen LogP contribution >= 0.6 is 11.6 Å². The van der Waals surface area contributed by atoms with Crippen LogP contribution in [0.25, 0.3) is 0 Å². The molecule has 2 saturated heterocycles. The van der Waals surface area contributed by atoms with Crippen LogP contribution in [0.15, 0.2) is 24.3 Å². The van der Waals surface area contributed by atoms with Crippen molar-refractivity contribution < 1.29 is 14.6 Å². The highest BCUT2D eigenvalue weighted by atomic mass is 35.5. The van der Waals surface area contributed by atoms with E-state index < -0.39 is 6.10 Å². The van der Waals surface area contributed by atoms with Crippen LogP contribution in [0, 0.1) is 0 Å². The average Bonchev–Trinajstić information content (AvgIpc) is 2.89. The van der Waals surface area contributed by atoms with Crippen LogP contribution in [0.5, 0.6) is 0 Å². The highest BCUT2D eigenvalue weighted by Crippen LogP contribution is 2.33. The lowest BCUT2D eigenvalue weighted by Crippen LogP contribution is -2.50. The van der Waals surface area contributed by atoms with Gasteiger partial charge >= 0.3 is 6.03 Å². The molecule has 2 heterocycles. The lowest BCUT2D eigenvalue weighted by molar-refractivity contribution is -0.0616. The van der Waals surface area contributed by atoms with Gasteiger partial charge in [-0.05, 0) is 50.8 Å². The van der Waals surface area contributed by atoms with Gasteiger partial charge in [-0.1, -0.05) is 23.7 Å². The van der Waals surface area contributed by atoms with Gasteiger partial charge in [0.1, 0.15) is 0 Å². The molecule has 24 heavy (non-hydrogen) atoms. The number of benzene rings is 1. The van der Waals surface area contributed by atoms with E-state index in [2.05, 4.69) is 5.32 Å². The molecule has 0 saturated carbocycles. The molecule has 2 aliphatic rings. The Bertz CT molecular complexity index is 590. The largest absolute Gasteiger partial charge is 0.391 e. The van der Waals surface area contributed by atoms with Crippen LogP contribution in [-0.4, -0.2) is 46.9 Å². The number of hydrogen-bond donors (Lipinski definition) is 2. The Morgan fingerprint density at radius 1 is 1.33 bits per heavy atom. The molecule has 6 heteroatoms. The van der Waals surface area contributed by atoms with Crippen molar-refractivity contribution in [3.63, 3.8) is 0 Å². The normalized spacial score (nSPS) is 29.5. The number of urea groups is 1. The molecule has 3 rings (SSSR count). The first-order chi connectivity index (χ1) is 11.4. The second kappa shape index (κ2) is 6.90. The summed E-state index contributed by atoms with van der Waals surface area (Å²) in [7, 11) is 0. The number of rotatable bonds is 2. The molecule has 0 aromatic heterocycles. The zero-order chi connectivity index (χ0) is 17.3. The summed E-state index contributed by atoms with van der Waals surface area (Å²) in [6.45, 7) is 5.29. The van der Waals surface area contributed by atoms with E-state index in [1.807, 2.05) is 26.0 Å². The summed E-state index contributed by atoms with van der Waals surface area (Å²) in [6.07, 6.45) is 1.64. The van der Waals surface area contributed by atoms with Crippen molar-refractivity contribution in [1.29, 1.82) is 0 Å². The molecule has 0 radical (unpaired) electrons. The summed E-state index contributed by atoms with van der Waals surface area (Å²) >= 11 is 5.94. The number of amides is 2. The third kappa shape index (κ3) is 3.85. The van der Waals surface area contributed by atoms with Gasteiger partial charge in [0, 0.05) is 24.2 Å². The molecule has 2 fully saturated rings. The van der Waals surface area contributed by atoms with Gasteiger partial charge in [0.15, 0.2) is 0 Å². The number of aliphatic hydroxyl groups is 1. The molecule has 3 atom stereocenters. The zero-order valence-electron chi connectivity index (χ0n) is 14.2. The van der Waals surface area contributed by atoms with E-state index in [1.54, 1.807) is 17.0 Å². The maximum atomic E-state index is 12.8. The Morgan fingerprint density at radius 3 is 2.71 bits per heavy atom. The van der Waals surface area contributed by atoms with E-state index in [9.17, 15) is 9.90 Å². The van der Waals surface area contributed by atoms with E-state index >= 15 is 0 Å². The number of nitrogens with one attached hydrogen (secondary N) is 1. The van der Waals surface area contributed by atoms with Crippen LogP contribution in [0.4, 0.5) is 4.79 Å². The fourth-order valence-electron chi connectivity index (χ4n) is 3.68. The zero-order valence-corrected chi connectivity index (χ0v) is 14.9. The smallest absolute Gasteiger partial charge is 0.318 e. The molecule has 1 aromatic rings. The SMILES string of the molecule is CC1(C)CC(NC(=O)N2CC[C@@H](O)[C@H]2c2ccc(Cl)cc2)CCO1.